The Balaban J connectivity index is 2.20. The van der Waals surface area contributed by atoms with E-state index in [4.69, 9.17) is 9.47 Å². The molecule has 0 aliphatic heterocycles. The molecule has 0 unspecified atom stereocenters. The fraction of sp³-hybridized carbons (Fsp3) is 0.263. The number of anilines is 1. The number of ether oxygens (including phenoxy) is 2. The number of carbonyl (C=O) groups is 1. The number of benzene rings is 2. The van der Waals surface area contributed by atoms with Crippen molar-refractivity contribution < 1.29 is 19.1 Å². The topological polar surface area (TPSA) is 60.4 Å². The van der Waals surface area contributed by atoms with Crippen LogP contribution in [0.5, 0.6) is 11.5 Å². The highest BCUT2D eigenvalue weighted by Crippen LogP contribution is 2.28. The van der Waals surface area contributed by atoms with Gasteiger partial charge in [0.05, 0.1) is 14.2 Å². The smallest absolute Gasteiger partial charge is 0.272 e. The van der Waals surface area contributed by atoms with Gasteiger partial charge in [-0.05, 0) is 48.4 Å². The molecule has 0 radical (unpaired) electrons. The Morgan fingerprint density at radius 2 is 1.77 bits per heavy atom. The molecule has 0 saturated carbocycles. The van der Waals surface area contributed by atoms with Crippen molar-refractivity contribution in [1.82, 2.24) is 0 Å². The van der Waals surface area contributed by atoms with Gasteiger partial charge >= 0.3 is 0 Å². The Morgan fingerprint density at radius 1 is 1.08 bits per heavy atom. The maximum atomic E-state index is 12.5. The van der Waals surface area contributed by atoms with Gasteiger partial charge < -0.3 is 19.2 Å². The highest BCUT2D eigenvalue weighted by atomic mass is 79.9. The Hall–Kier alpha value is -2.54. The van der Waals surface area contributed by atoms with E-state index in [2.05, 4.69) is 25.9 Å². The summed E-state index contributed by atoms with van der Waals surface area (Å²) in [6.45, 7) is 0.478. The van der Waals surface area contributed by atoms with Crippen molar-refractivity contribution in [3.05, 3.63) is 52.5 Å². The van der Waals surface area contributed by atoms with Crippen LogP contribution in [-0.2, 0) is 16.1 Å². The van der Waals surface area contributed by atoms with E-state index in [0.29, 0.717) is 24.5 Å². The van der Waals surface area contributed by atoms with Gasteiger partial charge in [0.1, 0.15) is 13.3 Å². The second kappa shape index (κ2) is 9.82. The number of rotatable bonds is 8. The van der Waals surface area contributed by atoms with Crippen molar-refractivity contribution in [3.8, 4) is 11.5 Å². The third kappa shape index (κ3) is 5.23. The number of amides is 1. The van der Waals surface area contributed by atoms with Crippen LogP contribution >= 0.6 is 15.9 Å². The molecule has 138 valence electrons. The molecule has 0 N–H and O–H groups in total. The van der Waals surface area contributed by atoms with Crippen molar-refractivity contribution in [1.29, 1.82) is 0 Å². The van der Waals surface area contributed by atoms with E-state index >= 15 is 0 Å². The van der Waals surface area contributed by atoms with Crippen LogP contribution in [0, 0.1) is 0 Å². The van der Waals surface area contributed by atoms with Gasteiger partial charge in [0.25, 0.3) is 5.91 Å². The van der Waals surface area contributed by atoms with Crippen molar-refractivity contribution >= 4 is 33.7 Å². The maximum absolute atomic E-state index is 12.5. The first-order valence-corrected chi connectivity index (χ1v) is 8.72. The van der Waals surface area contributed by atoms with E-state index in [1.807, 2.05) is 42.5 Å². The Morgan fingerprint density at radius 3 is 2.38 bits per heavy atom. The zero-order valence-corrected chi connectivity index (χ0v) is 16.5. The molecule has 0 spiro atoms. The molecule has 0 aromatic heterocycles. The molecule has 6 nitrogen and oxygen atoms in total. The summed E-state index contributed by atoms with van der Waals surface area (Å²) >= 11 is 3.40. The zero-order chi connectivity index (χ0) is 18.9. The molecule has 2 rings (SSSR count). The molecule has 0 atom stereocenters. The average molecular weight is 421 g/mol. The highest BCUT2D eigenvalue weighted by molar-refractivity contribution is 9.10. The summed E-state index contributed by atoms with van der Waals surface area (Å²) in [6.07, 6.45) is 1.81. The fourth-order valence-corrected chi connectivity index (χ4v) is 2.70. The summed E-state index contributed by atoms with van der Waals surface area (Å²) in [5.41, 5.74) is 1.81. The lowest BCUT2D eigenvalue weighted by molar-refractivity contribution is -0.112. The summed E-state index contributed by atoms with van der Waals surface area (Å²) in [6, 6.07) is 13.2. The van der Waals surface area contributed by atoms with Crippen LogP contribution in [0.1, 0.15) is 5.56 Å². The lowest BCUT2D eigenvalue weighted by atomic mass is 10.1. The number of nitrogens with zero attached hydrogens (tertiary/aromatic N) is 2. The average Bonchev–Trinajstić information content (AvgIpc) is 2.67. The van der Waals surface area contributed by atoms with E-state index in [-0.39, 0.29) is 5.91 Å². The van der Waals surface area contributed by atoms with Crippen LogP contribution in [0.4, 0.5) is 5.69 Å². The molecule has 2 aromatic carbocycles. The van der Waals surface area contributed by atoms with Crippen LogP contribution in [0.2, 0.25) is 0 Å². The predicted octanol–water partition coefficient (Wildman–Crippen LogP) is 3.67. The molecule has 2 aromatic rings. The van der Waals surface area contributed by atoms with Crippen molar-refractivity contribution in [2.45, 2.75) is 6.42 Å². The van der Waals surface area contributed by atoms with Gasteiger partial charge in [0.2, 0.25) is 0 Å². The molecule has 0 fully saturated rings. The highest BCUT2D eigenvalue weighted by Gasteiger charge is 2.15. The van der Waals surface area contributed by atoms with Gasteiger partial charge in [-0.3, -0.25) is 4.79 Å². The van der Waals surface area contributed by atoms with Gasteiger partial charge in [-0.25, -0.2) is 0 Å². The maximum Gasteiger partial charge on any atom is 0.272 e. The fourth-order valence-electron chi connectivity index (χ4n) is 2.43. The van der Waals surface area contributed by atoms with Crippen molar-refractivity contribution in [2.24, 2.45) is 5.16 Å². The number of halogens is 1. The number of oxime groups is 1. The van der Waals surface area contributed by atoms with E-state index in [1.54, 1.807) is 19.1 Å². The van der Waals surface area contributed by atoms with Crippen LogP contribution in [0.3, 0.4) is 0 Å². The van der Waals surface area contributed by atoms with Crippen LogP contribution < -0.4 is 14.4 Å². The van der Waals surface area contributed by atoms with Gasteiger partial charge in [0.15, 0.2) is 11.5 Å². The third-order valence-corrected chi connectivity index (χ3v) is 4.27. The minimum absolute atomic E-state index is 0.255. The molecule has 1 amide bonds. The SMILES string of the molecule is CON=CC(=O)N(CCc1ccc(OC)c(OC)c1)c1ccc(Br)cc1. The molecule has 0 bridgehead atoms. The second-order valence-electron chi connectivity index (χ2n) is 5.32. The summed E-state index contributed by atoms with van der Waals surface area (Å²) in [5.74, 6) is 1.08. The molecular formula is C19H21BrN2O4. The number of methoxy groups -OCH3 is 2. The Bertz CT molecular complexity index is 763. The van der Waals surface area contributed by atoms with Crippen molar-refractivity contribution in [2.75, 3.05) is 32.8 Å². The molecular weight excluding hydrogens is 400 g/mol. The summed E-state index contributed by atoms with van der Waals surface area (Å²) in [4.78, 5) is 18.7. The molecule has 0 aliphatic rings. The first-order chi connectivity index (χ1) is 12.6. The Labute approximate surface area is 161 Å². The van der Waals surface area contributed by atoms with E-state index < -0.39 is 0 Å². The van der Waals surface area contributed by atoms with Crippen molar-refractivity contribution in [3.63, 3.8) is 0 Å². The summed E-state index contributed by atoms with van der Waals surface area (Å²) in [7, 11) is 4.60. The quantitative estimate of drug-likeness (QED) is 0.482. The minimum Gasteiger partial charge on any atom is -0.493 e. The molecule has 0 aliphatic carbocycles. The monoisotopic (exact) mass is 420 g/mol. The summed E-state index contributed by atoms with van der Waals surface area (Å²) < 4.78 is 11.5. The molecule has 0 saturated heterocycles. The predicted molar refractivity (Wildman–Crippen MR) is 105 cm³/mol. The summed E-state index contributed by atoms with van der Waals surface area (Å²) in [5, 5.41) is 3.58. The van der Waals surface area contributed by atoms with Crippen LogP contribution in [0.25, 0.3) is 0 Å². The Kier molecular flexibility index (Phi) is 7.47. The number of hydrogen-bond donors (Lipinski definition) is 0. The zero-order valence-electron chi connectivity index (χ0n) is 14.9. The van der Waals surface area contributed by atoms with E-state index in [0.717, 1.165) is 21.9 Å². The number of hydrogen-bond acceptors (Lipinski definition) is 5. The van der Waals surface area contributed by atoms with Gasteiger partial charge in [-0.15, -0.1) is 0 Å². The van der Waals surface area contributed by atoms with Gasteiger partial charge in [-0.2, -0.15) is 0 Å². The van der Waals surface area contributed by atoms with E-state index in [9.17, 15) is 4.79 Å². The van der Waals surface area contributed by atoms with Gasteiger partial charge in [-0.1, -0.05) is 27.2 Å². The third-order valence-electron chi connectivity index (χ3n) is 3.74. The minimum atomic E-state index is -0.255. The van der Waals surface area contributed by atoms with E-state index in [1.165, 1.54) is 7.11 Å². The molecule has 0 heterocycles. The lowest BCUT2D eigenvalue weighted by Gasteiger charge is -2.21. The van der Waals surface area contributed by atoms with Gasteiger partial charge in [0, 0.05) is 16.7 Å². The molecule has 7 heteroatoms. The number of carbonyl (C=O) groups excluding carboxylic acids is 1. The molecule has 26 heavy (non-hydrogen) atoms. The standard InChI is InChI=1S/C19H21BrN2O4/c1-24-17-9-4-14(12-18(17)25-2)10-11-22(19(23)13-21-26-3)16-7-5-15(20)6-8-16/h4-9,12-13H,10-11H2,1-3H3. The largest absolute Gasteiger partial charge is 0.493 e. The normalized spacial score (nSPS) is 10.6. The lowest BCUT2D eigenvalue weighted by Crippen LogP contribution is -2.33. The first kappa shape index (κ1) is 19.8. The first-order valence-electron chi connectivity index (χ1n) is 7.93. The van der Waals surface area contributed by atoms with Crippen LogP contribution in [0.15, 0.2) is 52.1 Å². The second-order valence-corrected chi connectivity index (χ2v) is 6.24. The van der Waals surface area contributed by atoms with Crippen LogP contribution in [-0.4, -0.2) is 40.0 Å².